The highest BCUT2D eigenvalue weighted by Gasteiger charge is 2.36. The molecular formula is C21H33N3O4. The van der Waals surface area contributed by atoms with Crippen molar-refractivity contribution in [2.45, 2.75) is 25.3 Å². The fourth-order valence-electron chi connectivity index (χ4n) is 4.47. The van der Waals surface area contributed by atoms with Gasteiger partial charge in [-0.15, -0.1) is 0 Å². The number of ether oxygens (including phenoxy) is 1. The van der Waals surface area contributed by atoms with Crippen LogP contribution in [0, 0.1) is 5.92 Å². The molecule has 0 spiro atoms. The molecule has 2 fully saturated rings. The molecule has 2 N–H and O–H groups in total. The average Bonchev–Trinajstić information content (AvgIpc) is 2.72. The van der Waals surface area contributed by atoms with E-state index in [-0.39, 0.29) is 18.3 Å². The fourth-order valence-corrected chi connectivity index (χ4v) is 4.47. The van der Waals surface area contributed by atoms with E-state index in [9.17, 15) is 15.0 Å². The van der Waals surface area contributed by atoms with Crippen LogP contribution in [-0.2, 0) is 0 Å². The summed E-state index contributed by atoms with van der Waals surface area (Å²) in [6.45, 7) is 5.81. The van der Waals surface area contributed by atoms with Gasteiger partial charge in [0, 0.05) is 58.0 Å². The largest absolute Gasteiger partial charge is 0.507 e. The molecule has 2 aliphatic rings. The smallest absolute Gasteiger partial charge is 0.257 e. The number of likely N-dealkylation sites (tertiary alicyclic amines) is 1. The maximum Gasteiger partial charge on any atom is 0.257 e. The minimum Gasteiger partial charge on any atom is -0.507 e. The molecule has 1 aromatic carbocycles. The first kappa shape index (κ1) is 20.9. The molecule has 2 heterocycles. The van der Waals surface area contributed by atoms with Gasteiger partial charge in [-0.25, -0.2) is 0 Å². The van der Waals surface area contributed by atoms with E-state index in [2.05, 4.69) is 16.8 Å². The second kappa shape index (κ2) is 9.58. The number of methoxy groups -OCH3 is 1. The SMILES string of the molecule is COc1ccc(C(=O)N2CC[C@H](N3CCN(C)CC3)[C@H](CCCO)C2)c(O)c1. The summed E-state index contributed by atoms with van der Waals surface area (Å²) in [6, 6.07) is 5.26. The van der Waals surface area contributed by atoms with E-state index >= 15 is 0 Å². The standard InChI is InChI=1S/C21H33N3O4/c1-22-9-11-23(12-10-22)19-7-8-24(15-16(19)4-3-13-25)21(27)18-6-5-17(28-2)14-20(18)26/h5-6,14,16,19,25-26H,3-4,7-13,15H2,1-2H3/t16-,19+/m1/s1. The summed E-state index contributed by atoms with van der Waals surface area (Å²) in [5.41, 5.74) is 0.319. The van der Waals surface area contributed by atoms with Crippen molar-refractivity contribution in [3.05, 3.63) is 23.8 Å². The summed E-state index contributed by atoms with van der Waals surface area (Å²) < 4.78 is 5.11. The maximum absolute atomic E-state index is 13.0. The lowest BCUT2D eigenvalue weighted by atomic mass is 9.86. The Morgan fingerprint density at radius 2 is 1.96 bits per heavy atom. The molecule has 1 amide bonds. The predicted molar refractivity (Wildman–Crippen MR) is 108 cm³/mol. The number of piperidine rings is 1. The van der Waals surface area contributed by atoms with Crippen LogP contribution in [0.15, 0.2) is 18.2 Å². The highest BCUT2D eigenvalue weighted by Crippen LogP contribution is 2.30. The number of phenols is 1. The van der Waals surface area contributed by atoms with E-state index in [1.54, 1.807) is 12.1 Å². The zero-order valence-corrected chi connectivity index (χ0v) is 17.0. The number of likely N-dealkylation sites (N-methyl/N-ethyl adjacent to an activating group) is 1. The molecule has 7 heteroatoms. The van der Waals surface area contributed by atoms with Gasteiger partial charge in [-0.1, -0.05) is 0 Å². The zero-order valence-electron chi connectivity index (χ0n) is 17.0. The molecule has 2 atom stereocenters. The highest BCUT2D eigenvalue weighted by molar-refractivity contribution is 5.97. The van der Waals surface area contributed by atoms with E-state index in [4.69, 9.17) is 4.74 Å². The number of rotatable bonds is 6. The van der Waals surface area contributed by atoms with Gasteiger partial charge in [0.25, 0.3) is 5.91 Å². The van der Waals surface area contributed by atoms with E-state index in [0.717, 1.165) is 45.4 Å². The monoisotopic (exact) mass is 391 g/mol. The molecule has 0 bridgehead atoms. The van der Waals surface area contributed by atoms with Crippen LogP contribution in [0.4, 0.5) is 0 Å². The Morgan fingerprint density at radius 1 is 1.21 bits per heavy atom. The van der Waals surface area contributed by atoms with Crippen molar-refractivity contribution < 1.29 is 19.7 Å². The predicted octanol–water partition coefficient (Wildman–Crippen LogP) is 1.25. The second-order valence-corrected chi connectivity index (χ2v) is 7.96. The fraction of sp³-hybridized carbons (Fsp3) is 0.667. The molecule has 7 nitrogen and oxygen atoms in total. The summed E-state index contributed by atoms with van der Waals surface area (Å²) in [7, 11) is 3.69. The van der Waals surface area contributed by atoms with Gasteiger partial charge in [-0.2, -0.15) is 0 Å². The third kappa shape index (κ3) is 4.77. The number of aliphatic hydroxyl groups is 1. The number of aliphatic hydroxyl groups excluding tert-OH is 1. The van der Waals surface area contributed by atoms with Crippen LogP contribution < -0.4 is 4.74 Å². The number of phenolic OH excluding ortho intramolecular Hbond substituents is 1. The van der Waals surface area contributed by atoms with Crippen molar-refractivity contribution in [1.29, 1.82) is 0 Å². The molecule has 0 unspecified atom stereocenters. The van der Waals surface area contributed by atoms with Gasteiger partial charge in [0.15, 0.2) is 0 Å². The van der Waals surface area contributed by atoms with Crippen molar-refractivity contribution in [3.8, 4) is 11.5 Å². The Labute approximate surface area is 167 Å². The first-order valence-corrected chi connectivity index (χ1v) is 10.2. The van der Waals surface area contributed by atoms with Crippen molar-refractivity contribution in [1.82, 2.24) is 14.7 Å². The Morgan fingerprint density at radius 3 is 2.61 bits per heavy atom. The molecule has 3 rings (SSSR count). The maximum atomic E-state index is 13.0. The van der Waals surface area contributed by atoms with Crippen molar-refractivity contribution in [2.75, 3.05) is 60.0 Å². The minimum atomic E-state index is -0.133. The normalized spacial score (nSPS) is 24.3. The van der Waals surface area contributed by atoms with Gasteiger partial charge < -0.3 is 24.7 Å². The van der Waals surface area contributed by atoms with Crippen LogP contribution in [0.2, 0.25) is 0 Å². The van der Waals surface area contributed by atoms with E-state index in [0.29, 0.717) is 36.4 Å². The first-order chi connectivity index (χ1) is 13.5. The number of carbonyl (C=O) groups excluding carboxylic acids is 1. The molecule has 2 aliphatic heterocycles. The van der Waals surface area contributed by atoms with Crippen LogP contribution in [0.3, 0.4) is 0 Å². The van der Waals surface area contributed by atoms with E-state index in [1.165, 1.54) is 13.2 Å². The van der Waals surface area contributed by atoms with Crippen molar-refractivity contribution >= 4 is 5.91 Å². The van der Waals surface area contributed by atoms with E-state index < -0.39 is 0 Å². The lowest BCUT2D eigenvalue weighted by Crippen LogP contribution is -2.56. The Balaban J connectivity index is 1.70. The van der Waals surface area contributed by atoms with Crippen LogP contribution in [-0.4, -0.2) is 96.9 Å². The molecule has 0 radical (unpaired) electrons. The van der Waals surface area contributed by atoms with E-state index in [1.807, 2.05) is 4.90 Å². The van der Waals surface area contributed by atoms with Gasteiger partial charge >= 0.3 is 0 Å². The summed E-state index contributed by atoms with van der Waals surface area (Å²) in [5.74, 6) is 0.695. The van der Waals surface area contributed by atoms with Crippen LogP contribution in [0.25, 0.3) is 0 Å². The topological polar surface area (TPSA) is 76.5 Å². The third-order valence-corrected chi connectivity index (χ3v) is 6.16. The number of carbonyl (C=O) groups is 1. The lowest BCUT2D eigenvalue weighted by molar-refractivity contribution is 0.0216. The first-order valence-electron chi connectivity index (χ1n) is 10.2. The molecular weight excluding hydrogens is 358 g/mol. The number of aromatic hydroxyl groups is 1. The Kier molecular flexibility index (Phi) is 7.15. The number of piperazine rings is 1. The number of benzene rings is 1. The zero-order chi connectivity index (χ0) is 20.1. The van der Waals surface area contributed by atoms with Gasteiger partial charge in [-0.05, 0) is 44.4 Å². The van der Waals surface area contributed by atoms with Crippen LogP contribution in [0.5, 0.6) is 11.5 Å². The molecule has 1 aromatic rings. The summed E-state index contributed by atoms with van der Waals surface area (Å²) in [4.78, 5) is 19.8. The summed E-state index contributed by atoms with van der Waals surface area (Å²) in [5, 5.41) is 19.6. The van der Waals surface area contributed by atoms with Crippen LogP contribution >= 0.6 is 0 Å². The third-order valence-electron chi connectivity index (χ3n) is 6.16. The van der Waals surface area contributed by atoms with Crippen molar-refractivity contribution in [2.24, 2.45) is 5.92 Å². The molecule has 0 aliphatic carbocycles. The summed E-state index contributed by atoms with van der Waals surface area (Å²) in [6.07, 6.45) is 2.60. The molecule has 0 saturated carbocycles. The molecule has 28 heavy (non-hydrogen) atoms. The molecule has 0 aromatic heterocycles. The lowest BCUT2D eigenvalue weighted by Gasteiger charge is -2.46. The van der Waals surface area contributed by atoms with Crippen molar-refractivity contribution in [3.63, 3.8) is 0 Å². The minimum absolute atomic E-state index is 0.0440. The summed E-state index contributed by atoms with van der Waals surface area (Å²) >= 11 is 0. The molecule has 2 saturated heterocycles. The number of amides is 1. The number of nitrogens with zero attached hydrogens (tertiary/aromatic N) is 3. The Hall–Kier alpha value is -1.83. The average molecular weight is 392 g/mol. The van der Waals surface area contributed by atoms with Gasteiger partial charge in [0.2, 0.25) is 0 Å². The number of hydrogen-bond donors (Lipinski definition) is 2. The quantitative estimate of drug-likeness (QED) is 0.760. The second-order valence-electron chi connectivity index (χ2n) is 7.96. The molecule has 156 valence electrons. The number of hydrogen-bond acceptors (Lipinski definition) is 6. The highest BCUT2D eigenvalue weighted by atomic mass is 16.5. The van der Waals surface area contributed by atoms with Gasteiger partial charge in [0.1, 0.15) is 11.5 Å². The van der Waals surface area contributed by atoms with Crippen LogP contribution in [0.1, 0.15) is 29.6 Å². The van der Waals surface area contributed by atoms with Gasteiger partial charge in [-0.3, -0.25) is 9.69 Å². The Bertz CT molecular complexity index is 661. The van der Waals surface area contributed by atoms with Gasteiger partial charge in [0.05, 0.1) is 12.7 Å².